The van der Waals surface area contributed by atoms with Gasteiger partial charge in [0.2, 0.25) is 17.7 Å². The van der Waals surface area contributed by atoms with Gasteiger partial charge in [0.25, 0.3) is 0 Å². The molecular formula is C16H36N8O6. The highest BCUT2D eigenvalue weighted by atomic mass is 16.5. The molecule has 0 aliphatic rings. The van der Waals surface area contributed by atoms with Crippen LogP contribution in [0.4, 0.5) is 9.59 Å². The molecule has 0 atom stereocenters. The number of hydrazine groups is 1. The van der Waals surface area contributed by atoms with E-state index in [1.54, 1.807) is 21.1 Å². The van der Waals surface area contributed by atoms with E-state index in [-0.39, 0.29) is 23.8 Å². The first-order chi connectivity index (χ1) is 13.8. The van der Waals surface area contributed by atoms with E-state index in [1.165, 1.54) is 49.0 Å². The second-order valence-electron chi connectivity index (χ2n) is 4.50. The number of aliphatic imine (C=N–C) groups is 2. The molecule has 0 saturated heterocycles. The summed E-state index contributed by atoms with van der Waals surface area (Å²) in [5.41, 5.74) is 0. The third-order valence-electron chi connectivity index (χ3n) is 1.83. The van der Waals surface area contributed by atoms with Gasteiger partial charge in [-0.05, 0) is 0 Å². The van der Waals surface area contributed by atoms with Gasteiger partial charge in [-0.1, -0.05) is 0 Å². The largest absolute Gasteiger partial charge is 0.453 e. The van der Waals surface area contributed by atoms with E-state index in [0.717, 1.165) is 5.01 Å². The van der Waals surface area contributed by atoms with Crippen LogP contribution in [0.3, 0.4) is 0 Å². The Balaban J connectivity index is -0.0000000875. The molecule has 0 unspecified atom stereocenters. The maximum atomic E-state index is 10.2. The number of carbonyl (C=O) groups excluding carboxylic acids is 5. The van der Waals surface area contributed by atoms with Gasteiger partial charge in [0.05, 0.1) is 13.1 Å². The van der Waals surface area contributed by atoms with Gasteiger partial charge < -0.3 is 20.7 Å². The fourth-order valence-electron chi connectivity index (χ4n) is 0.626. The first-order valence-electron chi connectivity index (χ1n) is 8.15. The molecular weight excluding hydrogens is 400 g/mol. The Morgan fingerprint density at radius 1 is 0.833 bits per heavy atom. The first kappa shape index (κ1) is 37.3. The molecule has 6 amide bonds. The second-order valence-corrected chi connectivity index (χ2v) is 4.50. The molecule has 0 bridgehead atoms. The summed E-state index contributed by atoms with van der Waals surface area (Å²) in [5, 5.41) is 9.97. The van der Waals surface area contributed by atoms with Crippen LogP contribution in [-0.4, -0.2) is 90.3 Å². The van der Waals surface area contributed by atoms with Crippen LogP contribution in [0.1, 0.15) is 20.8 Å². The van der Waals surface area contributed by atoms with Gasteiger partial charge in [-0.15, -0.1) is 0 Å². The second kappa shape index (κ2) is 30.2. The summed E-state index contributed by atoms with van der Waals surface area (Å²) < 4.78 is 4.15. The molecule has 0 aliphatic heterocycles. The van der Waals surface area contributed by atoms with Crippen molar-refractivity contribution in [3.63, 3.8) is 0 Å². The summed E-state index contributed by atoms with van der Waals surface area (Å²) >= 11 is 0. The number of alkyl carbamates (subject to hydrolysis) is 1. The summed E-state index contributed by atoms with van der Waals surface area (Å²) in [5.74, 6) is 4.35. The lowest BCUT2D eigenvalue weighted by molar-refractivity contribution is -0.128. The van der Waals surface area contributed by atoms with Crippen molar-refractivity contribution in [1.29, 1.82) is 0 Å². The van der Waals surface area contributed by atoms with Crippen molar-refractivity contribution in [1.82, 2.24) is 26.3 Å². The molecule has 0 fully saturated rings. The quantitative estimate of drug-likeness (QED) is 0.138. The lowest BCUT2D eigenvalue weighted by Crippen LogP contribution is -2.39. The average Bonchev–Trinajstić information content (AvgIpc) is 2.67. The molecule has 0 aromatic rings. The highest BCUT2D eigenvalue weighted by Gasteiger charge is 1.95. The number of ether oxygens (including phenoxy) is 1. The molecule has 6 N–H and O–H groups in total. The minimum atomic E-state index is -0.407. The van der Waals surface area contributed by atoms with E-state index in [9.17, 15) is 24.0 Å². The molecule has 14 heteroatoms. The summed E-state index contributed by atoms with van der Waals surface area (Å²) in [6.45, 7) is 4.06. The Kier molecular flexibility index (Phi) is 37.5. The lowest BCUT2D eigenvalue weighted by Gasteiger charge is -2.06. The highest BCUT2D eigenvalue weighted by molar-refractivity contribution is 5.92. The number of nitrogens with zero attached hydrogens (tertiary/aromatic N) is 3. The van der Waals surface area contributed by atoms with Gasteiger partial charge in [0, 0.05) is 63.1 Å². The smallest absolute Gasteiger partial charge is 0.406 e. The van der Waals surface area contributed by atoms with E-state index in [1.807, 2.05) is 5.32 Å². The topological polar surface area (TPSA) is 197 Å². The summed E-state index contributed by atoms with van der Waals surface area (Å²) in [7, 11) is 10.7. The van der Waals surface area contributed by atoms with Crippen LogP contribution in [0, 0.1) is 0 Å². The standard InChI is InChI=1S/C4H7NO2.C3H9N3O.C3H6N2.C3H7NO2.C3H7NO/c1-3(6)5-4(2)7;1-5-3(7)6(2)4;1-4-3-5-2;1-4-3(5)6-2;1-3(5)4-2/h1-2H3,(H,5,6,7);4H2,1-2H3,(H,5,7);1-2H3;1-2H3,(H,4,5);1-2H3,(H,4,5). The molecule has 0 saturated carbocycles. The van der Waals surface area contributed by atoms with E-state index in [4.69, 9.17) is 5.84 Å². The number of rotatable bonds is 0. The van der Waals surface area contributed by atoms with Gasteiger partial charge in [0.1, 0.15) is 0 Å². The van der Waals surface area contributed by atoms with Crippen LogP contribution < -0.4 is 27.1 Å². The Bertz CT molecular complexity index is 522. The Morgan fingerprint density at radius 2 is 1.20 bits per heavy atom. The van der Waals surface area contributed by atoms with E-state index < -0.39 is 6.09 Å². The predicted molar refractivity (Wildman–Crippen MR) is 114 cm³/mol. The van der Waals surface area contributed by atoms with Crippen LogP contribution in [0.5, 0.6) is 0 Å². The number of imide groups is 1. The van der Waals surface area contributed by atoms with Crippen molar-refractivity contribution in [3.05, 3.63) is 0 Å². The number of nitrogens with one attached hydrogen (secondary N) is 4. The van der Waals surface area contributed by atoms with Crippen molar-refractivity contribution < 1.29 is 28.7 Å². The fourth-order valence-corrected chi connectivity index (χ4v) is 0.626. The van der Waals surface area contributed by atoms with Gasteiger partial charge in [-0.25, -0.2) is 25.4 Å². The first-order valence-corrected chi connectivity index (χ1v) is 8.15. The normalized spacial score (nSPS) is 7.03. The van der Waals surface area contributed by atoms with Gasteiger partial charge >= 0.3 is 12.1 Å². The van der Waals surface area contributed by atoms with Crippen LogP contribution in [0.15, 0.2) is 9.98 Å². The molecule has 0 aliphatic carbocycles. The molecule has 0 spiro atoms. The predicted octanol–water partition coefficient (Wildman–Crippen LogP) is -1.06. The average molecular weight is 437 g/mol. The molecule has 0 aromatic carbocycles. The molecule has 30 heavy (non-hydrogen) atoms. The van der Waals surface area contributed by atoms with Crippen LogP contribution in [0.25, 0.3) is 0 Å². The van der Waals surface area contributed by atoms with Crippen molar-refractivity contribution in [2.24, 2.45) is 15.8 Å². The number of urea groups is 1. The zero-order valence-electron chi connectivity index (χ0n) is 19.4. The van der Waals surface area contributed by atoms with Crippen molar-refractivity contribution in [3.8, 4) is 0 Å². The van der Waals surface area contributed by atoms with Gasteiger partial charge in [-0.2, -0.15) is 0 Å². The minimum absolute atomic E-state index is 0.00463. The van der Waals surface area contributed by atoms with Crippen molar-refractivity contribution >= 4 is 35.9 Å². The monoisotopic (exact) mass is 436 g/mol. The number of amides is 6. The maximum absolute atomic E-state index is 10.2. The maximum Gasteiger partial charge on any atom is 0.406 e. The Morgan fingerprint density at radius 3 is 1.20 bits per heavy atom. The summed E-state index contributed by atoms with van der Waals surface area (Å²) in [6.07, 6.45) is -0.407. The minimum Gasteiger partial charge on any atom is -0.453 e. The van der Waals surface area contributed by atoms with Crippen LogP contribution in [0.2, 0.25) is 0 Å². The van der Waals surface area contributed by atoms with E-state index >= 15 is 0 Å². The van der Waals surface area contributed by atoms with Gasteiger partial charge in [0.15, 0.2) is 0 Å². The van der Waals surface area contributed by atoms with Crippen LogP contribution >= 0.6 is 0 Å². The molecule has 14 nitrogen and oxygen atoms in total. The Hall–Kier alpha value is -3.51. The summed E-state index contributed by atoms with van der Waals surface area (Å²) in [6, 6.07) is 2.07. The van der Waals surface area contributed by atoms with Crippen molar-refractivity contribution in [2.75, 3.05) is 49.4 Å². The lowest BCUT2D eigenvalue weighted by atomic mass is 10.6. The molecule has 0 rings (SSSR count). The third-order valence-corrected chi connectivity index (χ3v) is 1.83. The number of carbonyl (C=O) groups is 5. The van der Waals surface area contributed by atoms with Crippen molar-refractivity contribution in [2.45, 2.75) is 20.8 Å². The molecule has 0 radical (unpaired) electrons. The van der Waals surface area contributed by atoms with Gasteiger partial charge in [-0.3, -0.25) is 24.7 Å². The highest BCUT2D eigenvalue weighted by Crippen LogP contribution is 1.65. The molecule has 0 heterocycles. The van der Waals surface area contributed by atoms with E-state index in [0.29, 0.717) is 0 Å². The van der Waals surface area contributed by atoms with E-state index in [2.05, 4.69) is 36.7 Å². The third kappa shape index (κ3) is 64.4. The Labute approximate surface area is 177 Å². The number of hydrogen-bond donors (Lipinski definition) is 5. The van der Waals surface area contributed by atoms with Crippen LogP contribution in [-0.2, 0) is 19.1 Å². The molecule has 176 valence electrons. The zero-order chi connectivity index (χ0) is 25.1. The fraction of sp³-hybridized carbons (Fsp3) is 0.625. The zero-order valence-corrected chi connectivity index (χ0v) is 19.4. The number of methoxy groups -OCH3 is 1. The molecule has 0 aromatic heterocycles. The number of hydrogen-bond acceptors (Lipinski definition) is 9. The number of nitrogens with two attached hydrogens (primary N) is 1. The SMILES string of the molecule is CC(=O)NC(C)=O.CN=C=NC.CNC(=O)N(C)N.CNC(=O)OC.CNC(C)=O. The summed E-state index contributed by atoms with van der Waals surface area (Å²) in [4.78, 5) is 56.5.